The van der Waals surface area contributed by atoms with Crippen molar-refractivity contribution in [1.29, 1.82) is 0 Å². The highest BCUT2D eigenvalue weighted by Crippen LogP contribution is 2.13. The summed E-state index contributed by atoms with van der Waals surface area (Å²) in [5.74, 6) is -0.966. The summed E-state index contributed by atoms with van der Waals surface area (Å²) in [4.78, 5) is 34.3. The number of hydrogen-bond donors (Lipinski definition) is 1. The average molecular weight is 277 g/mol. The molecule has 0 heterocycles. The maximum Gasteiger partial charge on any atom is 0.303 e. The lowest BCUT2D eigenvalue weighted by Gasteiger charge is -2.11. The van der Waals surface area contributed by atoms with Crippen LogP contribution in [0.3, 0.4) is 0 Å². The smallest absolute Gasteiger partial charge is 0.303 e. The standard InChI is InChI=1S/C15H19NO4/c1-9(2)15(19)16-13-7-5-12(6-8-13)14(18)10(3)20-11(4)17/h5-10H,1-4H3,(H,16,19). The summed E-state index contributed by atoms with van der Waals surface area (Å²) in [5, 5.41) is 2.73. The summed E-state index contributed by atoms with van der Waals surface area (Å²) < 4.78 is 4.83. The molecule has 0 saturated heterocycles. The lowest BCUT2D eigenvalue weighted by molar-refractivity contribution is -0.143. The molecule has 1 aromatic carbocycles. The molecule has 0 saturated carbocycles. The highest BCUT2D eigenvalue weighted by molar-refractivity contribution is 6.00. The fourth-order valence-corrected chi connectivity index (χ4v) is 1.54. The molecule has 20 heavy (non-hydrogen) atoms. The van der Waals surface area contributed by atoms with E-state index in [0.717, 1.165) is 0 Å². The number of nitrogens with one attached hydrogen (secondary N) is 1. The number of amides is 1. The Morgan fingerprint density at radius 3 is 2.05 bits per heavy atom. The summed E-state index contributed by atoms with van der Waals surface area (Å²) in [7, 11) is 0. The third-order valence-corrected chi connectivity index (χ3v) is 2.67. The van der Waals surface area contributed by atoms with Gasteiger partial charge >= 0.3 is 5.97 Å². The van der Waals surface area contributed by atoms with Crippen LogP contribution in [0.1, 0.15) is 38.1 Å². The largest absolute Gasteiger partial charge is 0.454 e. The van der Waals surface area contributed by atoms with Gasteiger partial charge in [-0.1, -0.05) is 13.8 Å². The van der Waals surface area contributed by atoms with Crippen LogP contribution in [0, 0.1) is 5.92 Å². The van der Waals surface area contributed by atoms with Crippen molar-refractivity contribution in [2.24, 2.45) is 5.92 Å². The quantitative estimate of drug-likeness (QED) is 0.662. The topological polar surface area (TPSA) is 72.5 Å². The molecule has 5 heteroatoms. The molecule has 1 atom stereocenters. The molecule has 1 rings (SSSR count). The Balaban J connectivity index is 2.73. The number of carbonyl (C=O) groups is 3. The minimum atomic E-state index is -0.816. The Hall–Kier alpha value is -2.17. The zero-order valence-corrected chi connectivity index (χ0v) is 12.1. The van der Waals surface area contributed by atoms with Crippen molar-refractivity contribution in [3.05, 3.63) is 29.8 Å². The van der Waals surface area contributed by atoms with Crippen molar-refractivity contribution in [3.8, 4) is 0 Å². The monoisotopic (exact) mass is 277 g/mol. The minimum Gasteiger partial charge on any atom is -0.454 e. The van der Waals surface area contributed by atoms with E-state index in [1.807, 2.05) is 0 Å². The predicted molar refractivity (Wildman–Crippen MR) is 75.5 cm³/mol. The zero-order valence-electron chi connectivity index (χ0n) is 12.1. The van der Waals surface area contributed by atoms with Crippen LogP contribution in [0.25, 0.3) is 0 Å². The first-order chi connectivity index (χ1) is 9.31. The van der Waals surface area contributed by atoms with Gasteiger partial charge in [0, 0.05) is 24.1 Å². The van der Waals surface area contributed by atoms with Gasteiger partial charge in [-0.2, -0.15) is 0 Å². The van der Waals surface area contributed by atoms with Crippen LogP contribution in [0.15, 0.2) is 24.3 Å². The molecule has 0 aliphatic heterocycles. The number of carbonyl (C=O) groups excluding carboxylic acids is 3. The van der Waals surface area contributed by atoms with E-state index in [9.17, 15) is 14.4 Å². The number of anilines is 1. The Bertz CT molecular complexity index is 505. The maximum atomic E-state index is 12.0. The van der Waals surface area contributed by atoms with Gasteiger partial charge in [0.25, 0.3) is 0 Å². The highest BCUT2D eigenvalue weighted by atomic mass is 16.5. The summed E-state index contributed by atoms with van der Waals surface area (Å²) in [6.45, 7) is 6.38. The van der Waals surface area contributed by atoms with E-state index < -0.39 is 12.1 Å². The van der Waals surface area contributed by atoms with Gasteiger partial charge in [0.1, 0.15) is 0 Å². The second kappa shape index (κ2) is 6.84. The van der Waals surface area contributed by atoms with Crippen LogP contribution >= 0.6 is 0 Å². The Morgan fingerprint density at radius 1 is 1.05 bits per heavy atom. The fourth-order valence-electron chi connectivity index (χ4n) is 1.54. The molecule has 0 bridgehead atoms. The SMILES string of the molecule is CC(=O)OC(C)C(=O)c1ccc(NC(=O)C(C)C)cc1. The third-order valence-electron chi connectivity index (χ3n) is 2.67. The van der Waals surface area contributed by atoms with E-state index in [1.54, 1.807) is 38.1 Å². The van der Waals surface area contributed by atoms with Gasteiger partial charge in [0.15, 0.2) is 6.10 Å². The van der Waals surface area contributed by atoms with Crippen LogP contribution in [0.2, 0.25) is 0 Å². The molecule has 0 aliphatic carbocycles. The van der Waals surface area contributed by atoms with E-state index >= 15 is 0 Å². The molecule has 0 radical (unpaired) electrons. The Labute approximate surface area is 118 Å². The molecule has 0 fully saturated rings. The van der Waals surface area contributed by atoms with Crippen molar-refractivity contribution in [2.75, 3.05) is 5.32 Å². The molecule has 5 nitrogen and oxygen atoms in total. The van der Waals surface area contributed by atoms with E-state index in [4.69, 9.17) is 4.74 Å². The van der Waals surface area contributed by atoms with Crippen LogP contribution < -0.4 is 5.32 Å². The molecule has 1 aromatic rings. The van der Waals surface area contributed by atoms with Gasteiger partial charge in [-0.05, 0) is 31.2 Å². The number of ether oxygens (including phenoxy) is 1. The molecule has 0 aliphatic rings. The first-order valence-electron chi connectivity index (χ1n) is 6.43. The first-order valence-corrected chi connectivity index (χ1v) is 6.43. The summed E-state index contributed by atoms with van der Waals surface area (Å²) in [6.07, 6.45) is -0.816. The molecule has 1 unspecified atom stereocenters. The van der Waals surface area contributed by atoms with Gasteiger partial charge in [-0.3, -0.25) is 14.4 Å². The van der Waals surface area contributed by atoms with Gasteiger partial charge in [-0.15, -0.1) is 0 Å². The maximum absolute atomic E-state index is 12.0. The van der Waals surface area contributed by atoms with E-state index in [0.29, 0.717) is 11.3 Å². The second-order valence-electron chi connectivity index (χ2n) is 4.84. The highest BCUT2D eigenvalue weighted by Gasteiger charge is 2.17. The van der Waals surface area contributed by atoms with E-state index in [1.165, 1.54) is 13.8 Å². The number of Topliss-reactive ketones (excluding diaryl/α,β-unsaturated/α-hetero) is 1. The molecule has 108 valence electrons. The van der Waals surface area contributed by atoms with Crippen LogP contribution in [-0.2, 0) is 14.3 Å². The van der Waals surface area contributed by atoms with Crippen LogP contribution in [0.5, 0.6) is 0 Å². The van der Waals surface area contributed by atoms with Crippen molar-refractivity contribution < 1.29 is 19.1 Å². The van der Waals surface area contributed by atoms with Gasteiger partial charge in [-0.25, -0.2) is 0 Å². The molecular weight excluding hydrogens is 258 g/mol. The first kappa shape index (κ1) is 15.9. The Morgan fingerprint density at radius 2 is 1.60 bits per heavy atom. The summed E-state index contributed by atoms with van der Waals surface area (Å²) in [5.41, 5.74) is 1.06. The van der Waals surface area contributed by atoms with E-state index in [2.05, 4.69) is 5.32 Å². The predicted octanol–water partition coefficient (Wildman–Crippen LogP) is 2.42. The van der Waals surface area contributed by atoms with Gasteiger partial charge in [0.05, 0.1) is 0 Å². The summed E-state index contributed by atoms with van der Waals surface area (Å²) >= 11 is 0. The van der Waals surface area contributed by atoms with Crippen molar-refractivity contribution in [3.63, 3.8) is 0 Å². The molecule has 0 aromatic heterocycles. The van der Waals surface area contributed by atoms with Gasteiger partial charge in [0.2, 0.25) is 11.7 Å². The lowest BCUT2D eigenvalue weighted by atomic mass is 10.1. The molecular formula is C15H19NO4. The van der Waals surface area contributed by atoms with Crippen LogP contribution in [0.4, 0.5) is 5.69 Å². The third kappa shape index (κ3) is 4.50. The number of benzene rings is 1. The second-order valence-corrected chi connectivity index (χ2v) is 4.84. The van der Waals surface area contributed by atoms with Crippen molar-refractivity contribution >= 4 is 23.3 Å². The minimum absolute atomic E-state index is 0.0858. The normalized spacial score (nSPS) is 11.8. The molecule has 1 N–H and O–H groups in total. The number of hydrogen-bond acceptors (Lipinski definition) is 4. The van der Waals surface area contributed by atoms with E-state index in [-0.39, 0.29) is 17.6 Å². The number of esters is 1. The zero-order chi connectivity index (χ0) is 15.3. The van der Waals surface area contributed by atoms with Crippen LogP contribution in [-0.4, -0.2) is 23.8 Å². The van der Waals surface area contributed by atoms with Crippen molar-refractivity contribution in [1.82, 2.24) is 0 Å². The lowest BCUT2D eigenvalue weighted by Crippen LogP contribution is -2.23. The number of rotatable bonds is 5. The Kier molecular flexibility index (Phi) is 5.43. The fraction of sp³-hybridized carbons (Fsp3) is 0.400. The summed E-state index contributed by atoms with van der Waals surface area (Å²) in [6, 6.07) is 6.48. The van der Waals surface area contributed by atoms with Gasteiger partial charge < -0.3 is 10.1 Å². The molecule has 1 amide bonds. The molecule has 0 spiro atoms. The average Bonchev–Trinajstić information content (AvgIpc) is 2.37. The van der Waals surface area contributed by atoms with Crippen molar-refractivity contribution in [2.45, 2.75) is 33.8 Å². The number of ketones is 1.